The maximum atomic E-state index is 12.9. The number of nitrogens with one attached hydrogen (secondary N) is 1. The highest BCUT2D eigenvalue weighted by molar-refractivity contribution is 6.30. The van der Waals surface area contributed by atoms with Crippen molar-refractivity contribution in [1.82, 2.24) is 9.88 Å². The number of rotatable bonds is 4. The molecule has 0 saturated carbocycles. The molecule has 2 aromatic rings. The van der Waals surface area contributed by atoms with E-state index in [9.17, 15) is 14.4 Å². The Morgan fingerprint density at radius 2 is 1.71 bits per heavy atom. The van der Waals surface area contributed by atoms with Crippen LogP contribution in [0, 0.1) is 0 Å². The van der Waals surface area contributed by atoms with Crippen molar-refractivity contribution in [3.63, 3.8) is 0 Å². The first-order valence-corrected chi connectivity index (χ1v) is 7.86. The second kappa shape index (κ2) is 7.01. The van der Waals surface area contributed by atoms with Crippen LogP contribution in [0.2, 0.25) is 5.02 Å². The minimum Gasteiger partial charge on any atom is -0.349 e. The molecule has 0 aliphatic heterocycles. The molecule has 1 amide bonds. The molecule has 2 rings (SSSR count). The Morgan fingerprint density at radius 1 is 1.08 bits per heavy atom. The Morgan fingerprint density at radius 3 is 2.29 bits per heavy atom. The summed E-state index contributed by atoms with van der Waals surface area (Å²) >= 11 is 5.95. The summed E-state index contributed by atoms with van der Waals surface area (Å²) in [6.45, 7) is 5.40. The van der Waals surface area contributed by atoms with Crippen molar-refractivity contribution in [3.8, 4) is 0 Å². The number of amides is 1. The minimum absolute atomic E-state index is 0.268. The van der Waals surface area contributed by atoms with Crippen LogP contribution in [0.4, 0.5) is 0 Å². The third-order valence-electron chi connectivity index (χ3n) is 3.23. The van der Waals surface area contributed by atoms with Crippen molar-refractivity contribution < 1.29 is 9.59 Å². The third-order valence-corrected chi connectivity index (χ3v) is 3.46. The van der Waals surface area contributed by atoms with Crippen LogP contribution in [0.15, 0.2) is 53.5 Å². The summed E-state index contributed by atoms with van der Waals surface area (Å²) in [6.07, 6.45) is 1.30. The highest BCUT2D eigenvalue weighted by Gasteiger charge is 2.32. The zero-order valence-corrected chi connectivity index (χ0v) is 14.5. The zero-order chi connectivity index (χ0) is 17.9. The SMILES string of the molecule is CC(C)(C)NC(=O)[C@@H](C(=O)c1ccccc1)n1cc(Cl)ccc1=O. The first-order valence-electron chi connectivity index (χ1n) is 7.48. The van der Waals surface area contributed by atoms with Gasteiger partial charge in [0.25, 0.3) is 11.5 Å². The summed E-state index contributed by atoms with van der Waals surface area (Å²) in [5.74, 6) is -1.03. The zero-order valence-electron chi connectivity index (χ0n) is 13.7. The molecule has 0 aliphatic carbocycles. The summed E-state index contributed by atoms with van der Waals surface area (Å²) < 4.78 is 1.07. The largest absolute Gasteiger partial charge is 0.349 e. The molecule has 0 spiro atoms. The third kappa shape index (κ3) is 4.32. The lowest BCUT2D eigenvalue weighted by molar-refractivity contribution is -0.124. The number of carbonyl (C=O) groups excluding carboxylic acids is 2. The molecule has 24 heavy (non-hydrogen) atoms. The lowest BCUT2D eigenvalue weighted by Crippen LogP contribution is -2.48. The molecule has 0 radical (unpaired) electrons. The van der Waals surface area contributed by atoms with Crippen LogP contribution in [0.5, 0.6) is 0 Å². The van der Waals surface area contributed by atoms with Gasteiger partial charge < -0.3 is 5.32 Å². The van der Waals surface area contributed by atoms with Gasteiger partial charge >= 0.3 is 0 Å². The van der Waals surface area contributed by atoms with E-state index in [1.807, 2.05) is 0 Å². The Labute approximate surface area is 145 Å². The monoisotopic (exact) mass is 346 g/mol. The van der Waals surface area contributed by atoms with Gasteiger partial charge in [-0.3, -0.25) is 19.0 Å². The molecule has 0 fully saturated rings. The van der Waals surface area contributed by atoms with Gasteiger partial charge in [0.1, 0.15) is 0 Å². The number of nitrogens with zero attached hydrogens (tertiary/aromatic N) is 1. The molecule has 0 saturated heterocycles. The number of halogens is 1. The Bertz CT molecular complexity index is 807. The van der Waals surface area contributed by atoms with Crippen LogP contribution in [-0.2, 0) is 4.79 Å². The molecule has 1 atom stereocenters. The van der Waals surface area contributed by atoms with Crippen LogP contribution >= 0.6 is 11.6 Å². The smallest absolute Gasteiger partial charge is 0.251 e. The van der Waals surface area contributed by atoms with Crippen LogP contribution in [0.3, 0.4) is 0 Å². The van der Waals surface area contributed by atoms with Crippen molar-refractivity contribution in [1.29, 1.82) is 0 Å². The average molecular weight is 347 g/mol. The molecule has 126 valence electrons. The van der Waals surface area contributed by atoms with E-state index < -0.39 is 28.8 Å². The van der Waals surface area contributed by atoms with E-state index in [1.165, 1.54) is 18.3 Å². The van der Waals surface area contributed by atoms with Crippen LogP contribution in [-0.4, -0.2) is 21.8 Å². The fourth-order valence-electron chi connectivity index (χ4n) is 2.25. The van der Waals surface area contributed by atoms with E-state index in [2.05, 4.69) is 5.32 Å². The summed E-state index contributed by atoms with van der Waals surface area (Å²) in [4.78, 5) is 37.8. The quantitative estimate of drug-likeness (QED) is 0.683. The molecule has 6 heteroatoms. The van der Waals surface area contributed by atoms with Gasteiger partial charge in [-0.1, -0.05) is 41.9 Å². The van der Waals surface area contributed by atoms with Gasteiger partial charge in [0.05, 0.1) is 5.02 Å². The van der Waals surface area contributed by atoms with Crippen molar-refractivity contribution in [2.75, 3.05) is 0 Å². The molecular formula is C18H19ClN2O3. The predicted molar refractivity (Wildman–Crippen MR) is 93.4 cm³/mol. The molecule has 0 unspecified atom stereocenters. The number of carbonyl (C=O) groups is 2. The lowest BCUT2D eigenvalue weighted by Gasteiger charge is -2.25. The van der Waals surface area contributed by atoms with Crippen molar-refractivity contribution in [3.05, 3.63) is 69.6 Å². The van der Waals surface area contributed by atoms with Crippen LogP contribution in [0.1, 0.15) is 37.2 Å². The van der Waals surface area contributed by atoms with Crippen molar-refractivity contribution >= 4 is 23.3 Å². The topological polar surface area (TPSA) is 68.2 Å². The lowest BCUT2D eigenvalue weighted by atomic mass is 10.0. The summed E-state index contributed by atoms with van der Waals surface area (Å²) in [6, 6.07) is 9.72. The average Bonchev–Trinajstić information content (AvgIpc) is 2.50. The molecule has 0 bridgehead atoms. The number of hydrogen-bond donors (Lipinski definition) is 1. The molecule has 1 aromatic carbocycles. The molecule has 1 N–H and O–H groups in total. The number of aromatic nitrogens is 1. The highest BCUT2D eigenvalue weighted by Crippen LogP contribution is 2.17. The Hall–Kier alpha value is -2.40. The number of pyridine rings is 1. The maximum absolute atomic E-state index is 12.9. The van der Waals surface area contributed by atoms with Crippen molar-refractivity contribution in [2.45, 2.75) is 32.4 Å². The number of ketones is 1. The van der Waals surface area contributed by atoms with E-state index in [0.717, 1.165) is 4.57 Å². The van der Waals surface area contributed by atoms with E-state index in [4.69, 9.17) is 11.6 Å². The first kappa shape index (κ1) is 17.9. The second-order valence-electron chi connectivity index (χ2n) is 6.46. The van der Waals surface area contributed by atoms with Crippen molar-refractivity contribution in [2.24, 2.45) is 0 Å². The number of benzene rings is 1. The number of Topliss-reactive ketones (excluding diaryl/α,β-unsaturated/α-hetero) is 1. The standard InChI is InChI=1S/C18H19ClN2O3/c1-18(2,3)20-17(24)15(16(23)12-7-5-4-6-8-12)21-11-13(19)9-10-14(21)22/h4-11,15H,1-3H3,(H,20,24)/t15-/m1/s1. The number of hydrogen-bond acceptors (Lipinski definition) is 3. The first-order chi connectivity index (χ1) is 11.2. The van der Waals surface area contributed by atoms with E-state index >= 15 is 0 Å². The van der Waals surface area contributed by atoms with Gasteiger partial charge in [-0.15, -0.1) is 0 Å². The van der Waals surface area contributed by atoms with Gasteiger partial charge in [-0.25, -0.2) is 0 Å². The minimum atomic E-state index is -1.32. The van der Waals surface area contributed by atoms with Crippen LogP contribution in [0.25, 0.3) is 0 Å². The molecule has 5 nitrogen and oxygen atoms in total. The Kier molecular flexibility index (Phi) is 5.24. The van der Waals surface area contributed by atoms with E-state index in [-0.39, 0.29) is 5.02 Å². The maximum Gasteiger partial charge on any atom is 0.251 e. The van der Waals surface area contributed by atoms with Gasteiger partial charge in [-0.05, 0) is 26.8 Å². The summed E-state index contributed by atoms with van der Waals surface area (Å²) in [7, 11) is 0. The normalized spacial score (nSPS) is 12.5. The van der Waals surface area contributed by atoms with Gasteiger partial charge in [0.2, 0.25) is 0 Å². The summed E-state index contributed by atoms with van der Waals surface area (Å²) in [5.41, 5.74) is -0.676. The van der Waals surface area contributed by atoms with Gasteiger partial charge in [-0.2, -0.15) is 0 Å². The predicted octanol–water partition coefficient (Wildman–Crippen LogP) is 2.84. The summed E-state index contributed by atoms with van der Waals surface area (Å²) in [5, 5.41) is 3.02. The van der Waals surface area contributed by atoms with Gasteiger partial charge in [0.15, 0.2) is 11.8 Å². The molecular weight excluding hydrogens is 328 g/mol. The fourth-order valence-corrected chi connectivity index (χ4v) is 2.42. The van der Waals surface area contributed by atoms with E-state index in [1.54, 1.807) is 51.1 Å². The molecule has 0 aliphatic rings. The molecule has 1 heterocycles. The van der Waals surface area contributed by atoms with Gasteiger partial charge in [0, 0.05) is 23.4 Å². The Balaban J connectivity index is 2.53. The van der Waals surface area contributed by atoms with E-state index in [0.29, 0.717) is 5.56 Å². The highest BCUT2D eigenvalue weighted by atomic mass is 35.5. The molecule has 1 aromatic heterocycles. The fraction of sp³-hybridized carbons (Fsp3) is 0.278. The second-order valence-corrected chi connectivity index (χ2v) is 6.90. The van der Waals surface area contributed by atoms with Crippen LogP contribution < -0.4 is 10.9 Å².